The van der Waals surface area contributed by atoms with Crippen LogP contribution in [0, 0.1) is 0 Å². The van der Waals surface area contributed by atoms with Gasteiger partial charge in [0.05, 0.1) is 5.56 Å². The van der Waals surface area contributed by atoms with Crippen molar-refractivity contribution >= 4 is 11.9 Å². The highest BCUT2D eigenvalue weighted by Gasteiger charge is 2.45. The highest BCUT2D eigenvalue weighted by molar-refractivity contribution is 5.89. The molecule has 26 heavy (non-hydrogen) atoms. The molecular formula is C19H20O7. The third-order valence-corrected chi connectivity index (χ3v) is 4.27. The molecule has 1 saturated heterocycles. The lowest BCUT2D eigenvalue weighted by atomic mass is 10.0. The van der Waals surface area contributed by atoms with Crippen molar-refractivity contribution in [3.63, 3.8) is 0 Å². The number of esters is 2. The van der Waals surface area contributed by atoms with Crippen LogP contribution in [-0.2, 0) is 19.0 Å². The van der Waals surface area contributed by atoms with Gasteiger partial charge in [0.1, 0.15) is 30.5 Å². The molecule has 1 aromatic rings. The topological polar surface area (TPSA) is 102 Å². The molecule has 0 unspecified atom stereocenters. The minimum atomic E-state index is -1.08. The second kappa shape index (κ2) is 7.82. The lowest BCUT2D eigenvalue weighted by molar-refractivity contribution is -0.150. The van der Waals surface area contributed by atoms with Gasteiger partial charge < -0.3 is 24.4 Å². The molecule has 0 radical (unpaired) electrons. The molecule has 3 rings (SSSR count). The molecule has 0 aliphatic carbocycles. The zero-order chi connectivity index (χ0) is 18.7. The summed E-state index contributed by atoms with van der Waals surface area (Å²) in [6.45, 7) is 1.56. The second-order valence-electron chi connectivity index (χ2n) is 6.17. The first-order chi connectivity index (χ1) is 12.5. The van der Waals surface area contributed by atoms with Crippen LogP contribution in [0.3, 0.4) is 0 Å². The zero-order valence-electron chi connectivity index (χ0n) is 14.1. The predicted molar refractivity (Wildman–Crippen MR) is 90.2 cm³/mol. The molecule has 0 amide bonds. The van der Waals surface area contributed by atoms with Crippen molar-refractivity contribution in [3.05, 3.63) is 60.2 Å². The number of ether oxygens (including phenoxy) is 3. The van der Waals surface area contributed by atoms with Crippen molar-refractivity contribution in [1.82, 2.24) is 0 Å². The van der Waals surface area contributed by atoms with E-state index in [0.29, 0.717) is 5.56 Å². The summed E-state index contributed by atoms with van der Waals surface area (Å²) >= 11 is 0. The number of hydrogen-bond donors (Lipinski definition) is 2. The number of carbonyl (C=O) groups is 2. The Kier molecular flexibility index (Phi) is 5.51. The van der Waals surface area contributed by atoms with E-state index in [1.165, 1.54) is 24.3 Å². The van der Waals surface area contributed by atoms with Gasteiger partial charge >= 0.3 is 11.9 Å². The lowest BCUT2D eigenvalue weighted by Gasteiger charge is -2.20. The molecule has 2 N–H and O–H groups in total. The third kappa shape index (κ3) is 4.01. The largest absolute Gasteiger partial charge is 0.456 e. The van der Waals surface area contributed by atoms with Crippen molar-refractivity contribution < 1.29 is 34.0 Å². The Morgan fingerprint density at radius 1 is 1.31 bits per heavy atom. The Labute approximate surface area is 150 Å². The monoisotopic (exact) mass is 360 g/mol. The minimum Gasteiger partial charge on any atom is -0.456 e. The van der Waals surface area contributed by atoms with Gasteiger partial charge in [-0.2, -0.15) is 0 Å². The maximum atomic E-state index is 12.0. The number of hydrogen-bond acceptors (Lipinski definition) is 7. The maximum absolute atomic E-state index is 12.0. The number of aliphatic hydroxyl groups is 2. The fourth-order valence-corrected chi connectivity index (χ4v) is 2.78. The van der Waals surface area contributed by atoms with Gasteiger partial charge in [-0.3, -0.25) is 0 Å². The molecule has 0 bridgehead atoms. The van der Waals surface area contributed by atoms with E-state index in [1.807, 2.05) is 0 Å². The Morgan fingerprint density at radius 2 is 2.04 bits per heavy atom. The van der Waals surface area contributed by atoms with Crippen molar-refractivity contribution in [2.75, 3.05) is 0 Å². The highest BCUT2D eigenvalue weighted by atomic mass is 16.6. The Hall–Kier alpha value is -2.48. The number of rotatable bonds is 5. The van der Waals surface area contributed by atoms with E-state index in [0.717, 1.165) is 0 Å². The number of fused-ring (bicyclic) bond motifs is 1. The number of aliphatic hydroxyl groups excluding tert-OH is 2. The molecule has 2 aliphatic heterocycles. The van der Waals surface area contributed by atoms with Crippen LogP contribution in [0.4, 0.5) is 0 Å². The van der Waals surface area contributed by atoms with Crippen molar-refractivity contribution in [1.29, 1.82) is 0 Å². The molecule has 7 nitrogen and oxygen atoms in total. The van der Waals surface area contributed by atoms with Crippen LogP contribution in [0.5, 0.6) is 0 Å². The van der Waals surface area contributed by atoms with Gasteiger partial charge in [0.25, 0.3) is 0 Å². The van der Waals surface area contributed by atoms with E-state index in [4.69, 9.17) is 14.2 Å². The molecule has 0 aromatic heterocycles. The summed E-state index contributed by atoms with van der Waals surface area (Å²) in [5, 5.41) is 20.4. The van der Waals surface area contributed by atoms with Crippen LogP contribution in [0.2, 0.25) is 0 Å². The highest BCUT2D eigenvalue weighted by Crippen LogP contribution is 2.28. The normalized spacial score (nSPS) is 29.9. The molecule has 0 spiro atoms. The minimum absolute atomic E-state index is 0.391. The van der Waals surface area contributed by atoms with Crippen LogP contribution >= 0.6 is 0 Å². The van der Waals surface area contributed by atoms with Crippen molar-refractivity contribution in [2.45, 2.75) is 43.5 Å². The van der Waals surface area contributed by atoms with Gasteiger partial charge in [0.15, 0.2) is 6.10 Å². The summed E-state index contributed by atoms with van der Waals surface area (Å²) in [5.41, 5.74) is 0.391. The Morgan fingerprint density at radius 3 is 2.77 bits per heavy atom. The predicted octanol–water partition coefficient (Wildman–Crippen LogP) is 0.759. The fourth-order valence-electron chi connectivity index (χ4n) is 2.78. The average molecular weight is 360 g/mol. The quantitative estimate of drug-likeness (QED) is 0.590. The van der Waals surface area contributed by atoms with Gasteiger partial charge in [-0.05, 0) is 25.1 Å². The summed E-state index contributed by atoms with van der Waals surface area (Å²) in [5.74, 6) is -1.06. The van der Waals surface area contributed by atoms with E-state index >= 15 is 0 Å². The molecule has 7 heteroatoms. The molecule has 2 aliphatic rings. The Balaban J connectivity index is 1.56. The van der Waals surface area contributed by atoms with Crippen molar-refractivity contribution in [3.8, 4) is 0 Å². The summed E-state index contributed by atoms with van der Waals surface area (Å²) in [4.78, 5) is 23.2. The number of carbonyl (C=O) groups excluding carboxylic acids is 2. The van der Waals surface area contributed by atoms with E-state index in [2.05, 4.69) is 0 Å². The molecule has 6 atom stereocenters. The van der Waals surface area contributed by atoms with Crippen LogP contribution < -0.4 is 0 Å². The van der Waals surface area contributed by atoms with E-state index < -0.39 is 48.6 Å². The maximum Gasteiger partial charge on any atom is 0.338 e. The summed E-state index contributed by atoms with van der Waals surface area (Å²) in [7, 11) is 0. The zero-order valence-corrected chi connectivity index (χ0v) is 14.1. The standard InChI is InChI=1S/C19H20O7/c1-11(24-19(23)12-5-3-2-4-6-12)13(20)7-8-14-17(22)18-15(25-14)9-10-16(21)26-18/h2-11,13-15,17-18,20,22H,1H3/b8-7+/t11-,13-,14-,15+,17+,18-/m1/s1. The van der Waals surface area contributed by atoms with E-state index in [-0.39, 0.29) is 0 Å². The van der Waals surface area contributed by atoms with Crippen LogP contribution in [0.25, 0.3) is 0 Å². The first-order valence-electron chi connectivity index (χ1n) is 8.30. The van der Waals surface area contributed by atoms with Crippen molar-refractivity contribution in [2.24, 2.45) is 0 Å². The summed E-state index contributed by atoms with van der Waals surface area (Å²) in [6, 6.07) is 8.47. The van der Waals surface area contributed by atoms with Gasteiger partial charge in [-0.25, -0.2) is 9.59 Å². The molecular weight excluding hydrogens is 340 g/mol. The molecule has 1 fully saturated rings. The molecule has 2 heterocycles. The van der Waals surface area contributed by atoms with Crippen LogP contribution in [0.1, 0.15) is 17.3 Å². The van der Waals surface area contributed by atoms with Crippen LogP contribution in [0.15, 0.2) is 54.6 Å². The van der Waals surface area contributed by atoms with Crippen LogP contribution in [-0.4, -0.2) is 58.8 Å². The Bertz CT molecular complexity index is 712. The fraction of sp³-hybridized carbons (Fsp3) is 0.368. The third-order valence-electron chi connectivity index (χ3n) is 4.27. The summed E-state index contributed by atoms with van der Waals surface area (Å²) < 4.78 is 15.9. The molecule has 138 valence electrons. The first kappa shape index (κ1) is 18.3. The van der Waals surface area contributed by atoms with Gasteiger partial charge in [0, 0.05) is 6.08 Å². The van der Waals surface area contributed by atoms with Gasteiger partial charge in [-0.1, -0.05) is 30.4 Å². The van der Waals surface area contributed by atoms with Gasteiger partial charge in [-0.15, -0.1) is 0 Å². The smallest absolute Gasteiger partial charge is 0.338 e. The lowest BCUT2D eigenvalue weighted by Crippen LogP contribution is -2.37. The summed E-state index contributed by atoms with van der Waals surface area (Å²) in [6.07, 6.45) is 0.690. The second-order valence-corrected chi connectivity index (χ2v) is 6.17. The van der Waals surface area contributed by atoms with Gasteiger partial charge in [0.2, 0.25) is 0 Å². The van der Waals surface area contributed by atoms with E-state index in [9.17, 15) is 19.8 Å². The molecule has 0 saturated carbocycles. The first-order valence-corrected chi connectivity index (χ1v) is 8.30. The SMILES string of the molecule is C[C@@H](OC(=O)c1ccccc1)[C@H](O)/C=C/[C@H]1O[C@H]2C=CC(=O)O[C@H]2[C@H]1O. The molecule has 1 aromatic carbocycles. The average Bonchev–Trinajstić information content (AvgIpc) is 2.95. The van der Waals surface area contributed by atoms with E-state index in [1.54, 1.807) is 37.3 Å². The number of benzene rings is 1.